The van der Waals surface area contributed by atoms with Gasteiger partial charge in [-0.3, -0.25) is 14.6 Å². The molecule has 0 bridgehead atoms. The van der Waals surface area contributed by atoms with Crippen molar-refractivity contribution >= 4 is 34.6 Å². The maximum absolute atomic E-state index is 13.1. The van der Waals surface area contributed by atoms with Gasteiger partial charge in [0, 0.05) is 11.4 Å². The number of fused-ring (bicyclic) bond motifs is 2. The number of carbonyl (C=O) groups is 2. The molecular weight excluding hydrogens is 354 g/mol. The van der Waals surface area contributed by atoms with Gasteiger partial charge in [-0.1, -0.05) is 12.1 Å². The zero-order valence-corrected chi connectivity index (χ0v) is 15.9. The number of rotatable bonds is 5. The minimum Gasteiger partial charge on any atom is -0.494 e. The first-order valence-corrected chi connectivity index (χ1v) is 9.66. The number of anilines is 2. The lowest BCUT2D eigenvalue weighted by Gasteiger charge is -2.24. The van der Waals surface area contributed by atoms with Crippen LogP contribution in [-0.4, -0.2) is 30.7 Å². The van der Waals surface area contributed by atoms with Crippen LogP contribution in [0.2, 0.25) is 0 Å². The average molecular weight is 377 g/mol. The molecule has 2 amide bonds. The highest BCUT2D eigenvalue weighted by Crippen LogP contribution is 2.37. The molecule has 1 fully saturated rings. The van der Waals surface area contributed by atoms with Gasteiger partial charge in [-0.15, -0.1) is 0 Å². The number of carbonyl (C=O) groups excluding carboxylic acids is 2. The van der Waals surface area contributed by atoms with Crippen molar-refractivity contribution in [2.45, 2.75) is 26.2 Å². The van der Waals surface area contributed by atoms with E-state index < -0.39 is 0 Å². The van der Waals surface area contributed by atoms with Crippen LogP contribution in [-0.2, 0) is 9.59 Å². The monoisotopic (exact) mass is 377 g/mol. The summed E-state index contributed by atoms with van der Waals surface area (Å²) < 4.78 is 5.42. The molecule has 144 valence electrons. The molecule has 0 radical (unpaired) electrons. The maximum Gasteiger partial charge on any atom is 0.244 e. The average Bonchev–Trinajstić information content (AvgIpc) is 3.12. The number of hydrogen-bond acceptors (Lipinski definition) is 4. The topological polar surface area (TPSA) is 71.0 Å². The zero-order chi connectivity index (χ0) is 19.5. The highest BCUT2D eigenvalue weighted by atomic mass is 16.5. The molecular formula is C22H23N3O3. The molecule has 1 aliphatic carbocycles. The minimum absolute atomic E-state index is 0.0388. The summed E-state index contributed by atoms with van der Waals surface area (Å²) in [5.74, 6) is 0.255. The predicted octanol–water partition coefficient (Wildman–Crippen LogP) is 3.94. The molecule has 0 aromatic heterocycles. The van der Waals surface area contributed by atoms with Gasteiger partial charge >= 0.3 is 0 Å². The van der Waals surface area contributed by atoms with Gasteiger partial charge in [0.1, 0.15) is 12.3 Å². The van der Waals surface area contributed by atoms with Gasteiger partial charge in [0.2, 0.25) is 11.8 Å². The van der Waals surface area contributed by atoms with Gasteiger partial charge in [-0.25, -0.2) is 0 Å². The molecule has 4 rings (SSSR count). The molecule has 2 aromatic rings. The van der Waals surface area contributed by atoms with Crippen molar-refractivity contribution in [2.75, 3.05) is 23.4 Å². The Kier molecular flexibility index (Phi) is 5.10. The van der Waals surface area contributed by atoms with Gasteiger partial charge in [0.15, 0.2) is 0 Å². The lowest BCUT2D eigenvalue weighted by molar-refractivity contribution is -0.122. The van der Waals surface area contributed by atoms with Crippen LogP contribution in [0.4, 0.5) is 17.1 Å². The largest absolute Gasteiger partial charge is 0.494 e. The summed E-state index contributed by atoms with van der Waals surface area (Å²) in [4.78, 5) is 32.1. The van der Waals surface area contributed by atoms with Gasteiger partial charge in [0.25, 0.3) is 0 Å². The third kappa shape index (κ3) is 3.63. The SMILES string of the molecule is CCOc1ccc(NC(=O)CN2C(=O)[C@@H]3CCCC3=Nc3ccccc32)cc1. The fourth-order valence-corrected chi connectivity index (χ4v) is 3.78. The lowest BCUT2D eigenvalue weighted by Crippen LogP contribution is -2.41. The van der Waals surface area contributed by atoms with Crippen LogP contribution in [0.1, 0.15) is 26.2 Å². The second kappa shape index (κ2) is 7.84. The van der Waals surface area contributed by atoms with Gasteiger partial charge in [-0.05, 0) is 62.6 Å². The highest BCUT2D eigenvalue weighted by Gasteiger charge is 2.37. The molecule has 0 saturated heterocycles. The highest BCUT2D eigenvalue weighted by molar-refractivity contribution is 6.16. The van der Waals surface area contributed by atoms with Crippen LogP contribution in [0.25, 0.3) is 0 Å². The first-order valence-electron chi connectivity index (χ1n) is 9.66. The van der Waals surface area contributed by atoms with E-state index in [0.717, 1.165) is 36.4 Å². The van der Waals surface area contributed by atoms with Crippen LogP contribution in [0, 0.1) is 5.92 Å². The Morgan fingerprint density at radius 2 is 2.00 bits per heavy atom. The van der Waals surface area contributed by atoms with Crippen molar-refractivity contribution in [3.8, 4) is 5.75 Å². The van der Waals surface area contributed by atoms with Crippen LogP contribution in [0.3, 0.4) is 0 Å². The Hall–Kier alpha value is -3.15. The standard InChI is InChI=1S/C22H23N3O3/c1-2-28-16-12-10-15(11-13-16)23-21(26)14-25-20-9-4-3-7-19(20)24-18-8-5-6-17(18)22(25)27/h3-4,7,9-13,17H,2,5-6,8,14H2,1H3,(H,23,26)/t17-/m1/s1. The normalized spacial score (nSPS) is 18.0. The van der Waals surface area contributed by atoms with E-state index in [1.54, 1.807) is 17.0 Å². The van der Waals surface area contributed by atoms with Gasteiger partial charge in [0.05, 0.1) is 23.9 Å². The molecule has 28 heavy (non-hydrogen) atoms. The molecule has 2 aromatic carbocycles. The smallest absolute Gasteiger partial charge is 0.244 e. The number of para-hydroxylation sites is 2. The Balaban J connectivity index is 1.53. The Bertz CT molecular complexity index is 921. The molecule has 6 nitrogen and oxygen atoms in total. The first-order chi connectivity index (χ1) is 13.7. The van der Waals surface area contributed by atoms with Crippen LogP contribution < -0.4 is 15.0 Å². The van der Waals surface area contributed by atoms with Crippen molar-refractivity contribution in [3.05, 3.63) is 48.5 Å². The van der Waals surface area contributed by atoms with Gasteiger partial charge < -0.3 is 15.0 Å². The summed E-state index contributed by atoms with van der Waals surface area (Å²) >= 11 is 0. The number of hydrogen-bond donors (Lipinski definition) is 1. The molecule has 6 heteroatoms. The molecule has 0 spiro atoms. The fraction of sp³-hybridized carbons (Fsp3) is 0.318. The van der Waals surface area contributed by atoms with Crippen molar-refractivity contribution < 1.29 is 14.3 Å². The number of ether oxygens (including phenoxy) is 1. The molecule has 1 atom stereocenters. The Labute approximate surface area is 164 Å². The van der Waals surface area contributed by atoms with Crippen molar-refractivity contribution in [3.63, 3.8) is 0 Å². The summed E-state index contributed by atoms with van der Waals surface area (Å²) in [6, 6.07) is 14.7. The van der Waals surface area contributed by atoms with Crippen molar-refractivity contribution in [2.24, 2.45) is 10.9 Å². The van der Waals surface area contributed by atoms with Crippen LogP contribution >= 0.6 is 0 Å². The molecule has 1 heterocycles. The Morgan fingerprint density at radius 1 is 1.21 bits per heavy atom. The summed E-state index contributed by atoms with van der Waals surface area (Å²) in [6.45, 7) is 2.47. The second-order valence-electron chi connectivity index (χ2n) is 6.97. The van der Waals surface area contributed by atoms with E-state index in [9.17, 15) is 9.59 Å². The van der Waals surface area contributed by atoms with Crippen LogP contribution in [0.15, 0.2) is 53.5 Å². The molecule has 0 unspecified atom stereocenters. The predicted molar refractivity (Wildman–Crippen MR) is 109 cm³/mol. The Morgan fingerprint density at radius 3 is 2.79 bits per heavy atom. The van der Waals surface area contributed by atoms with Crippen molar-refractivity contribution in [1.82, 2.24) is 0 Å². The molecule has 1 saturated carbocycles. The minimum atomic E-state index is -0.242. The number of nitrogens with zero attached hydrogens (tertiary/aromatic N) is 2. The number of nitrogens with one attached hydrogen (secondary N) is 1. The van der Waals surface area contributed by atoms with E-state index in [1.807, 2.05) is 43.3 Å². The van der Waals surface area contributed by atoms with Crippen molar-refractivity contribution in [1.29, 1.82) is 0 Å². The molecule has 2 aliphatic rings. The fourth-order valence-electron chi connectivity index (χ4n) is 3.78. The summed E-state index contributed by atoms with van der Waals surface area (Å²) in [5.41, 5.74) is 3.05. The maximum atomic E-state index is 13.1. The first kappa shape index (κ1) is 18.2. The summed E-state index contributed by atoms with van der Waals surface area (Å²) in [7, 11) is 0. The van der Waals surface area contributed by atoms with Crippen LogP contribution in [0.5, 0.6) is 5.75 Å². The molecule has 1 aliphatic heterocycles. The van der Waals surface area contributed by atoms with E-state index in [0.29, 0.717) is 18.0 Å². The van der Waals surface area contributed by atoms with E-state index in [-0.39, 0.29) is 24.3 Å². The third-order valence-electron chi connectivity index (χ3n) is 5.08. The quantitative estimate of drug-likeness (QED) is 0.858. The second-order valence-corrected chi connectivity index (χ2v) is 6.97. The summed E-state index contributed by atoms with van der Waals surface area (Å²) in [5, 5.41) is 2.86. The third-order valence-corrected chi connectivity index (χ3v) is 5.08. The molecule has 1 N–H and O–H groups in total. The number of aliphatic imine (C=N–C) groups is 1. The zero-order valence-electron chi connectivity index (χ0n) is 15.9. The van der Waals surface area contributed by atoms with Gasteiger partial charge in [-0.2, -0.15) is 0 Å². The number of benzene rings is 2. The number of amides is 2. The van der Waals surface area contributed by atoms with E-state index in [2.05, 4.69) is 5.32 Å². The van der Waals surface area contributed by atoms with E-state index in [4.69, 9.17) is 9.73 Å². The summed E-state index contributed by atoms with van der Waals surface area (Å²) in [6.07, 6.45) is 2.60. The lowest BCUT2D eigenvalue weighted by atomic mass is 10.1. The van der Waals surface area contributed by atoms with E-state index in [1.165, 1.54) is 0 Å². The van der Waals surface area contributed by atoms with E-state index >= 15 is 0 Å².